The third-order valence-electron chi connectivity index (χ3n) is 5.13. The highest BCUT2D eigenvalue weighted by Gasteiger charge is 2.46. The fraction of sp³-hybridized carbons (Fsp3) is 0.238. The van der Waals surface area contributed by atoms with Gasteiger partial charge in [-0.15, -0.1) is 0 Å². The number of carbonyl (C=O) groups is 2. The highest BCUT2D eigenvalue weighted by atomic mass is 79.9. The number of aryl methyl sites for hydroxylation is 1. The van der Waals surface area contributed by atoms with E-state index in [2.05, 4.69) is 36.6 Å². The fourth-order valence-corrected chi connectivity index (χ4v) is 6.67. The van der Waals surface area contributed by atoms with Crippen LogP contribution in [0, 0.1) is 6.92 Å². The van der Waals surface area contributed by atoms with E-state index in [9.17, 15) is 18.0 Å². The number of amides is 2. The summed E-state index contributed by atoms with van der Waals surface area (Å²) in [5.74, 6) is -1.20. The van der Waals surface area contributed by atoms with Crippen LogP contribution < -0.4 is 10.6 Å². The van der Waals surface area contributed by atoms with E-state index in [-0.39, 0.29) is 34.3 Å². The molecule has 0 unspecified atom stereocenters. The molecule has 1 aliphatic heterocycles. The number of pyridine rings is 1. The Labute approximate surface area is 213 Å². The van der Waals surface area contributed by atoms with Crippen LogP contribution >= 0.6 is 39.1 Å². The zero-order valence-corrected chi connectivity index (χ0v) is 21.8. The van der Waals surface area contributed by atoms with Gasteiger partial charge in [0, 0.05) is 17.3 Å². The van der Waals surface area contributed by atoms with Gasteiger partial charge in [0.25, 0.3) is 11.8 Å². The minimum atomic E-state index is -3.17. The van der Waals surface area contributed by atoms with Crippen molar-refractivity contribution in [2.45, 2.75) is 19.4 Å². The van der Waals surface area contributed by atoms with Gasteiger partial charge in [-0.25, -0.2) is 18.1 Å². The van der Waals surface area contributed by atoms with Gasteiger partial charge in [-0.1, -0.05) is 23.2 Å². The number of carbonyl (C=O) groups excluding carboxylic acids is 2. The topological polar surface area (TPSA) is 123 Å². The Kier molecular flexibility index (Phi) is 6.49. The summed E-state index contributed by atoms with van der Waals surface area (Å²) in [5.41, 5.74) is 0.0919. The number of nitrogens with zero attached hydrogens (tertiary/aromatic N) is 3. The van der Waals surface area contributed by atoms with Gasteiger partial charge in [-0.2, -0.15) is 5.10 Å². The van der Waals surface area contributed by atoms with Gasteiger partial charge in [-0.3, -0.25) is 9.59 Å². The molecule has 1 fully saturated rings. The fourth-order valence-electron chi connectivity index (χ4n) is 3.82. The maximum absolute atomic E-state index is 13.3. The van der Waals surface area contributed by atoms with E-state index in [4.69, 9.17) is 23.2 Å². The number of nitrogens with one attached hydrogen (secondary N) is 2. The van der Waals surface area contributed by atoms with Gasteiger partial charge in [0.05, 0.1) is 33.3 Å². The molecule has 4 rings (SSSR count). The first kappa shape index (κ1) is 24.6. The van der Waals surface area contributed by atoms with Crippen LogP contribution in [0.1, 0.15) is 33.3 Å². The van der Waals surface area contributed by atoms with E-state index >= 15 is 0 Å². The molecule has 2 aromatic heterocycles. The van der Waals surface area contributed by atoms with Crippen molar-refractivity contribution in [1.82, 2.24) is 20.1 Å². The smallest absolute Gasteiger partial charge is 0.274 e. The molecular weight excluding hydrogens is 569 g/mol. The molecule has 1 aliphatic rings. The molecule has 3 aromatic rings. The van der Waals surface area contributed by atoms with Crippen molar-refractivity contribution in [3.8, 4) is 5.82 Å². The molecule has 2 N–H and O–H groups in total. The lowest BCUT2D eigenvalue weighted by atomic mass is 10.0. The normalized spacial score (nSPS) is 15.9. The standard InChI is InChI=1S/C21H18BrCl2N5O4S/c1-11-6-12(23)7-13(19(30)27-21(2)9-34(32,33)10-21)17(11)26-20(31)15-8-16(22)28-29(15)18-14(24)4-3-5-25-18/h3-8H,9-10H2,1-2H3,(H,26,31)(H,27,30). The first-order valence-corrected chi connectivity index (χ1v) is 13.3. The van der Waals surface area contributed by atoms with Crippen LogP contribution in [-0.4, -0.2) is 52.0 Å². The summed E-state index contributed by atoms with van der Waals surface area (Å²) in [5, 5.41) is 10.3. The predicted molar refractivity (Wildman–Crippen MR) is 133 cm³/mol. The highest BCUT2D eigenvalue weighted by Crippen LogP contribution is 2.29. The maximum atomic E-state index is 13.3. The largest absolute Gasteiger partial charge is 0.345 e. The SMILES string of the molecule is Cc1cc(Cl)cc(C(=O)NC2(C)CS(=O)(=O)C2)c1NC(=O)c1cc(Br)nn1-c1ncccc1Cl. The van der Waals surface area contributed by atoms with Crippen LogP contribution in [0.5, 0.6) is 0 Å². The Morgan fingerprint density at radius 2 is 1.88 bits per heavy atom. The summed E-state index contributed by atoms with van der Waals surface area (Å²) >= 11 is 15.7. The molecule has 0 spiro atoms. The van der Waals surface area contributed by atoms with Crippen LogP contribution in [0.2, 0.25) is 10.0 Å². The van der Waals surface area contributed by atoms with Crippen molar-refractivity contribution in [3.05, 3.63) is 68.0 Å². The highest BCUT2D eigenvalue weighted by molar-refractivity contribution is 9.10. The van der Waals surface area contributed by atoms with Crippen molar-refractivity contribution in [2.24, 2.45) is 0 Å². The lowest BCUT2D eigenvalue weighted by Crippen LogP contribution is -2.63. The van der Waals surface area contributed by atoms with E-state index in [0.717, 1.165) is 0 Å². The van der Waals surface area contributed by atoms with E-state index in [0.29, 0.717) is 20.2 Å². The third kappa shape index (κ3) is 4.97. The monoisotopic (exact) mass is 585 g/mol. The molecule has 1 aromatic carbocycles. The third-order valence-corrected chi connectivity index (χ3v) is 8.18. The number of hydrogen-bond acceptors (Lipinski definition) is 6. The van der Waals surface area contributed by atoms with Gasteiger partial charge < -0.3 is 10.6 Å². The summed E-state index contributed by atoms with van der Waals surface area (Å²) in [4.78, 5) is 30.5. The van der Waals surface area contributed by atoms with Crippen LogP contribution in [0.25, 0.3) is 5.82 Å². The second-order valence-electron chi connectivity index (χ2n) is 8.22. The molecule has 0 aliphatic carbocycles. The molecule has 9 nitrogen and oxygen atoms in total. The molecule has 0 bridgehead atoms. The summed E-state index contributed by atoms with van der Waals surface area (Å²) in [6.45, 7) is 3.34. The Balaban J connectivity index is 1.67. The van der Waals surface area contributed by atoms with E-state index in [1.54, 1.807) is 32.0 Å². The minimum absolute atomic E-state index is 0.102. The minimum Gasteiger partial charge on any atom is -0.345 e. The van der Waals surface area contributed by atoms with Crippen molar-refractivity contribution in [2.75, 3.05) is 16.8 Å². The van der Waals surface area contributed by atoms with Crippen LogP contribution in [0.4, 0.5) is 5.69 Å². The first-order chi connectivity index (χ1) is 15.9. The molecule has 13 heteroatoms. The van der Waals surface area contributed by atoms with Gasteiger partial charge in [-0.05, 0) is 59.6 Å². The van der Waals surface area contributed by atoms with Gasteiger partial charge in [0.15, 0.2) is 15.7 Å². The molecule has 34 heavy (non-hydrogen) atoms. The zero-order valence-electron chi connectivity index (χ0n) is 17.9. The Morgan fingerprint density at radius 3 is 2.53 bits per heavy atom. The first-order valence-electron chi connectivity index (χ1n) is 9.88. The molecule has 2 amide bonds. The summed E-state index contributed by atoms with van der Waals surface area (Å²) in [6.07, 6.45) is 1.52. The van der Waals surface area contributed by atoms with Gasteiger partial charge in [0.2, 0.25) is 0 Å². The van der Waals surface area contributed by atoms with Crippen molar-refractivity contribution in [3.63, 3.8) is 0 Å². The van der Waals surface area contributed by atoms with Crippen LogP contribution in [0.15, 0.2) is 41.1 Å². The van der Waals surface area contributed by atoms with Crippen molar-refractivity contribution >= 4 is 66.5 Å². The summed E-state index contributed by atoms with van der Waals surface area (Å²) < 4.78 is 24.9. The lowest BCUT2D eigenvalue weighted by Gasteiger charge is -2.38. The Bertz CT molecular complexity index is 1430. The number of anilines is 1. The van der Waals surface area contributed by atoms with E-state index in [1.165, 1.54) is 23.0 Å². The number of halogens is 3. The molecule has 0 radical (unpaired) electrons. The number of rotatable bonds is 5. The van der Waals surface area contributed by atoms with Crippen molar-refractivity contribution in [1.29, 1.82) is 0 Å². The number of hydrogen-bond donors (Lipinski definition) is 2. The molecule has 0 atom stereocenters. The zero-order chi connectivity index (χ0) is 24.8. The van der Waals surface area contributed by atoms with Gasteiger partial charge in [0.1, 0.15) is 10.3 Å². The quantitative estimate of drug-likeness (QED) is 0.468. The van der Waals surface area contributed by atoms with Crippen LogP contribution in [-0.2, 0) is 9.84 Å². The number of sulfone groups is 1. The Morgan fingerprint density at radius 1 is 1.18 bits per heavy atom. The Hall–Kier alpha value is -2.47. The van der Waals surface area contributed by atoms with E-state index in [1.807, 2.05) is 0 Å². The molecule has 3 heterocycles. The summed E-state index contributed by atoms with van der Waals surface area (Å²) in [7, 11) is -3.17. The van der Waals surface area contributed by atoms with Gasteiger partial charge >= 0.3 is 0 Å². The molecule has 1 saturated heterocycles. The van der Waals surface area contributed by atoms with Crippen molar-refractivity contribution < 1.29 is 18.0 Å². The second-order valence-corrected chi connectivity index (χ2v) is 11.9. The number of benzene rings is 1. The predicted octanol–water partition coefficient (Wildman–Crippen LogP) is 3.81. The van der Waals surface area contributed by atoms with E-state index < -0.39 is 27.2 Å². The number of aromatic nitrogens is 3. The molecule has 178 valence electrons. The lowest BCUT2D eigenvalue weighted by molar-refractivity contribution is 0.0917. The average molecular weight is 587 g/mol. The summed E-state index contributed by atoms with van der Waals surface area (Å²) in [6, 6.07) is 7.78. The van der Waals surface area contributed by atoms with Crippen LogP contribution in [0.3, 0.4) is 0 Å². The average Bonchev–Trinajstić information content (AvgIpc) is 3.09. The maximum Gasteiger partial charge on any atom is 0.274 e. The molecular formula is C21H18BrCl2N5O4S. The molecule has 0 saturated carbocycles. The second kappa shape index (κ2) is 8.95.